The largest absolute Gasteiger partial charge is 0.487 e. The summed E-state index contributed by atoms with van der Waals surface area (Å²) in [6.45, 7) is 2.11. The average Bonchev–Trinajstić information content (AvgIpc) is 2.38. The van der Waals surface area contributed by atoms with Crippen molar-refractivity contribution in [1.82, 2.24) is 4.98 Å². The molecule has 4 heteroatoms. The Morgan fingerprint density at radius 3 is 2.83 bits per heavy atom. The Labute approximate surface area is 111 Å². The van der Waals surface area contributed by atoms with E-state index >= 15 is 0 Å². The summed E-state index contributed by atoms with van der Waals surface area (Å²) in [7, 11) is 0. The highest BCUT2D eigenvalue weighted by Crippen LogP contribution is 2.28. The fourth-order valence-corrected chi connectivity index (χ4v) is 1.78. The fraction of sp³-hybridized carbons (Fsp3) is 0.214. The number of aromatic nitrogens is 1. The van der Waals surface area contributed by atoms with Crippen LogP contribution in [0.1, 0.15) is 24.2 Å². The Kier molecular flexibility index (Phi) is 4.18. The van der Waals surface area contributed by atoms with Gasteiger partial charge in [-0.1, -0.05) is 23.7 Å². The van der Waals surface area contributed by atoms with Crippen LogP contribution in [0, 0.1) is 0 Å². The summed E-state index contributed by atoms with van der Waals surface area (Å²) in [5.41, 5.74) is 1.75. The van der Waals surface area contributed by atoms with Crippen LogP contribution in [-0.4, -0.2) is 10.1 Å². The molecule has 94 valence electrons. The number of aliphatic hydroxyl groups is 1. The van der Waals surface area contributed by atoms with Crippen molar-refractivity contribution >= 4 is 11.6 Å². The van der Waals surface area contributed by atoms with E-state index in [1.807, 2.05) is 12.1 Å². The molecule has 3 nitrogen and oxygen atoms in total. The van der Waals surface area contributed by atoms with Gasteiger partial charge in [-0.05, 0) is 30.7 Å². The van der Waals surface area contributed by atoms with Gasteiger partial charge in [-0.25, -0.2) is 0 Å². The molecule has 0 fully saturated rings. The van der Waals surface area contributed by atoms with Gasteiger partial charge >= 0.3 is 0 Å². The van der Waals surface area contributed by atoms with Gasteiger partial charge in [-0.15, -0.1) is 0 Å². The summed E-state index contributed by atoms with van der Waals surface area (Å²) in [6, 6.07) is 9.07. The second-order valence-electron chi connectivity index (χ2n) is 4.02. The van der Waals surface area contributed by atoms with Gasteiger partial charge < -0.3 is 9.84 Å². The van der Waals surface area contributed by atoms with E-state index < -0.39 is 6.10 Å². The molecule has 0 saturated carbocycles. The van der Waals surface area contributed by atoms with E-state index in [0.717, 1.165) is 11.1 Å². The van der Waals surface area contributed by atoms with Crippen molar-refractivity contribution in [3.05, 3.63) is 58.9 Å². The summed E-state index contributed by atoms with van der Waals surface area (Å²) in [5.74, 6) is 0.602. The molecule has 0 radical (unpaired) electrons. The van der Waals surface area contributed by atoms with Gasteiger partial charge in [0.05, 0.1) is 11.1 Å². The van der Waals surface area contributed by atoms with Gasteiger partial charge in [0.15, 0.2) is 0 Å². The quantitative estimate of drug-likeness (QED) is 0.920. The number of pyridine rings is 1. The molecule has 1 aromatic heterocycles. The van der Waals surface area contributed by atoms with Crippen LogP contribution in [0.3, 0.4) is 0 Å². The monoisotopic (exact) mass is 263 g/mol. The molecule has 1 heterocycles. The number of benzene rings is 1. The lowest BCUT2D eigenvalue weighted by Gasteiger charge is -2.10. The number of rotatable bonds is 4. The number of hydrogen-bond donors (Lipinski definition) is 1. The van der Waals surface area contributed by atoms with Crippen molar-refractivity contribution in [3.8, 4) is 5.75 Å². The number of hydrogen-bond acceptors (Lipinski definition) is 3. The Hall–Kier alpha value is -1.58. The lowest BCUT2D eigenvalue weighted by Crippen LogP contribution is -1.97. The molecule has 0 aliphatic rings. The molecule has 2 rings (SSSR count). The van der Waals surface area contributed by atoms with E-state index in [1.165, 1.54) is 0 Å². The lowest BCUT2D eigenvalue weighted by atomic mass is 10.1. The zero-order valence-electron chi connectivity index (χ0n) is 10.0. The smallest absolute Gasteiger partial charge is 0.138 e. The average molecular weight is 264 g/mol. The molecule has 18 heavy (non-hydrogen) atoms. The SMILES string of the molecule is C[C@H](O)c1ccc(OCc2cccnc2)c(Cl)c1. The first-order valence-corrected chi connectivity index (χ1v) is 6.04. The van der Waals surface area contributed by atoms with Crippen LogP contribution in [0.2, 0.25) is 5.02 Å². The van der Waals surface area contributed by atoms with Gasteiger partial charge in [0.25, 0.3) is 0 Å². The molecule has 0 aliphatic heterocycles. The van der Waals surface area contributed by atoms with Crippen LogP contribution in [0.5, 0.6) is 5.75 Å². The predicted octanol–water partition coefficient (Wildman–Crippen LogP) is 3.37. The zero-order valence-corrected chi connectivity index (χ0v) is 10.8. The highest BCUT2D eigenvalue weighted by Gasteiger charge is 2.06. The summed E-state index contributed by atoms with van der Waals surface area (Å²) in [6.07, 6.45) is 2.93. The second kappa shape index (κ2) is 5.85. The van der Waals surface area contributed by atoms with Crippen LogP contribution in [0.15, 0.2) is 42.7 Å². The van der Waals surface area contributed by atoms with E-state index in [2.05, 4.69) is 4.98 Å². The Morgan fingerprint density at radius 1 is 1.39 bits per heavy atom. The van der Waals surface area contributed by atoms with Crippen LogP contribution in [0.25, 0.3) is 0 Å². The van der Waals surface area contributed by atoms with Gasteiger partial charge in [0, 0.05) is 18.0 Å². The first-order chi connectivity index (χ1) is 8.66. The van der Waals surface area contributed by atoms with Crippen molar-refractivity contribution in [2.24, 2.45) is 0 Å². The first kappa shape index (κ1) is 12.9. The van der Waals surface area contributed by atoms with Gasteiger partial charge in [0.2, 0.25) is 0 Å². The maximum absolute atomic E-state index is 9.44. The number of aliphatic hydroxyl groups excluding tert-OH is 1. The standard InChI is InChI=1S/C14H14ClNO2/c1-10(17)12-4-5-14(13(15)7-12)18-9-11-3-2-6-16-8-11/h2-8,10,17H,9H2,1H3/t10-/m0/s1. The van der Waals surface area contributed by atoms with Crippen LogP contribution < -0.4 is 4.74 Å². The third kappa shape index (κ3) is 3.22. The van der Waals surface area contributed by atoms with Gasteiger partial charge in [0.1, 0.15) is 12.4 Å². The van der Waals surface area contributed by atoms with Gasteiger partial charge in [-0.2, -0.15) is 0 Å². The van der Waals surface area contributed by atoms with Crippen LogP contribution in [-0.2, 0) is 6.61 Å². The van der Waals surface area contributed by atoms with Crippen molar-refractivity contribution in [2.75, 3.05) is 0 Å². The molecular weight excluding hydrogens is 250 g/mol. The summed E-state index contributed by atoms with van der Waals surface area (Å²) in [5, 5.41) is 9.94. The van der Waals surface area contributed by atoms with Crippen molar-refractivity contribution in [1.29, 1.82) is 0 Å². The molecule has 1 atom stereocenters. The molecule has 0 amide bonds. The molecule has 0 spiro atoms. The van der Waals surface area contributed by atoms with Crippen molar-refractivity contribution < 1.29 is 9.84 Å². The molecule has 0 unspecified atom stereocenters. The predicted molar refractivity (Wildman–Crippen MR) is 70.7 cm³/mol. The van der Waals surface area contributed by atoms with Crippen LogP contribution >= 0.6 is 11.6 Å². The Balaban J connectivity index is 2.06. The summed E-state index contributed by atoms with van der Waals surface area (Å²) in [4.78, 5) is 4.01. The minimum atomic E-state index is -0.533. The maximum Gasteiger partial charge on any atom is 0.138 e. The first-order valence-electron chi connectivity index (χ1n) is 5.66. The normalized spacial score (nSPS) is 12.2. The number of ether oxygens (including phenoxy) is 1. The molecule has 0 saturated heterocycles. The van der Waals surface area contributed by atoms with Crippen molar-refractivity contribution in [3.63, 3.8) is 0 Å². The summed E-state index contributed by atoms with van der Waals surface area (Å²) < 4.78 is 5.60. The highest BCUT2D eigenvalue weighted by molar-refractivity contribution is 6.32. The van der Waals surface area contributed by atoms with E-state index in [9.17, 15) is 5.11 Å². The zero-order chi connectivity index (χ0) is 13.0. The topological polar surface area (TPSA) is 42.4 Å². The maximum atomic E-state index is 9.44. The second-order valence-corrected chi connectivity index (χ2v) is 4.42. The van der Waals surface area contributed by atoms with Crippen LogP contribution in [0.4, 0.5) is 0 Å². The Bertz CT molecular complexity index is 514. The summed E-state index contributed by atoms with van der Waals surface area (Å²) >= 11 is 6.09. The van der Waals surface area contributed by atoms with E-state index in [-0.39, 0.29) is 0 Å². The third-order valence-corrected chi connectivity index (χ3v) is 2.85. The van der Waals surface area contributed by atoms with E-state index in [4.69, 9.17) is 16.3 Å². The van der Waals surface area contributed by atoms with Gasteiger partial charge in [-0.3, -0.25) is 4.98 Å². The fourth-order valence-electron chi connectivity index (χ4n) is 1.54. The number of nitrogens with zero attached hydrogens (tertiary/aromatic N) is 1. The molecule has 2 aromatic rings. The number of halogens is 1. The third-order valence-electron chi connectivity index (χ3n) is 2.56. The lowest BCUT2D eigenvalue weighted by molar-refractivity contribution is 0.199. The Morgan fingerprint density at radius 2 is 2.22 bits per heavy atom. The molecule has 0 bridgehead atoms. The molecule has 1 aromatic carbocycles. The molecule has 0 aliphatic carbocycles. The van der Waals surface area contributed by atoms with Crippen molar-refractivity contribution in [2.45, 2.75) is 19.6 Å². The minimum absolute atomic E-state index is 0.418. The van der Waals surface area contributed by atoms with E-state index in [1.54, 1.807) is 37.5 Å². The molecular formula is C14H14ClNO2. The minimum Gasteiger partial charge on any atom is -0.487 e. The highest BCUT2D eigenvalue weighted by atomic mass is 35.5. The molecule has 1 N–H and O–H groups in total. The van der Waals surface area contributed by atoms with E-state index in [0.29, 0.717) is 17.4 Å².